The number of pyridine rings is 1. The average Bonchev–Trinajstić information content (AvgIpc) is 2.57. The van der Waals surface area contributed by atoms with Gasteiger partial charge < -0.3 is 5.32 Å². The van der Waals surface area contributed by atoms with Crippen molar-refractivity contribution in [3.8, 4) is 11.3 Å². The zero-order valence-corrected chi connectivity index (χ0v) is 13.1. The van der Waals surface area contributed by atoms with Crippen molar-refractivity contribution in [1.29, 1.82) is 0 Å². The van der Waals surface area contributed by atoms with Crippen LogP contribution in [0.3, 0.4) is 0 Å². The van der Waals surface area contributed by atoms with E-state index in [1.807, 2.05) is 31.2 Å². The van der Waals surface area contributed by atoms with E-state index in [0.717, 1.165) is 15.8 Å². The summed E-state index contributed by atoms with van der Waals surface area (Å²) >= 11 is 0. The molecule has 0 unspecified atom stereocenters. The molecule has 0 fully saturated rings. The summed E-state index contributed by atoms with van der Waals surface area (Å²) in [6.07, 6.45) is 3.32. The van der Waals surface area contributed by atoms with Gasteiger partial charge in [-0.1, -0.05) is 12.1 Å². The molecule has 3 rings (SSSR count). The Bertz CT molecular complexity index is 920. The normalized spacial score (nSPS) is 10.4. The van der Waals surface area contributed by atoms with E-state index in [-0.39, 0.29) is 18.0 Å². The lowest BCUT2D eigenvalue weighted by atomic mass is 10.2. The van der Waals surface area contributed by atoms with Crippen molar-refractivity contribution in [3.63, 3.8) is 0 Å². The first kappa shape index (κ1) is 15.6. The Morgan fingerprint density at radius 1 is 1.17 bits per heavy atom. The molecular formula is C18H16N4O2. The Morgan fingerprint density at radius 3 is 2.79 bits per heavy atom. The van der Waals surface area contributed by atoms with E-state index in [2.05, 4.69) is 15.4 Å². The lowest BCUT2D eigenvalue weighted by Crippen LogP contribution is -2.29. The topological polar surface area (TPSA) is 76.9 Å². The Morgan fingerprint density at radius 2 is 2.04 bits per heavy atom. The average molecular weight is 320 g/mol. The van der Waals surface area contributed by atoms with Crippen LogP contribution in [0.25, 0.3) is 11.3 Å². The molecule has 0 atom stereocenters. The molecule has 2 aromatic heterocycles. The third-order valence-electron chi connectivity index (χ3n) is 3.42. The van der Waals surface area contributed by atoms with Crippen molar-refractivity contribution < 1.29 is 4.79 Å². The summed E-state index contributed by atoms with van der Waals surface area (Å²) in [6.45, 7) is 1.79. The van der Waals surface area contributed by atoms with Crippen LogP contribution in [0, 0.1) is 6.92 Å². The molecule has 6 heteroatoms. The molecule has 1 N–H and O–H groups in total. The van der Waals surface area contributed by atoms with Crippen molar-refractivity contribution in [2.75, 3.05) is 5.32 Å². The van der Waals surface area contributed by atoms with Crippen molar-refractivity contribution in [2.45, 2.75) is 13.5 Å². The van der Waals surface area contributed by atoms with E-state index in [1.165, 1.54) is 6.07 Å². The number of aromatic nitrogens is 3. The number of aryl methyl sites for hydroxylation is 1. The van der Waals surface area contributed by atoms with Gasteiger partial charge in [0.2, 0.25) is 5.91 Å². The number of hydrogen-bond acceptors (Lipinski definition) is 4. The molecule has 0 saturated carbocycles. The maximum atomic E-state index is 12.2. The SMILES string of the molecule is Cc1cccc(NC(=O)Cn2nc(-c3cccnc3)ccc2=O)c1. The number of anilines is 1. The minimum Gasteiger partial charge on any atom is -0.324 e. The van der Waals surface area contributed by atoms with Gasteiger partial charge in [0.25, 0.3) is 5.56 Å². The summed E-state index contributed by atoms with van der Waals surface area (Å²) in [5.74, 6) is -0.307. The number of nitrogens with one attached hydrogen (secondary N) is 1. The molecule has 1 aromatic carbocycles. The molecule has 6 nitrogen and oxygen atoms in total. The van der Waals surface area contributed by atoms with Crippen LogP contribution in [0.1, 0.15) is 5.56 Å². The molecule has 0 aliphatic carbocycles. The highest BCUT2D eigenvalue weighted by Gasteiger charge is 2.08. The van der Waals surface area contributed by atoms with Crippen molar-refractivity contribution in [3.05, 3.63) is 76.8 Å². The van der Waals surface area contributed by atoms with Crippen LogP contribution in [-0.2, 0) is 11.3 Å². The van der Waals surface area contributed by atoms with Crippen LogP contribution in [0.5, 0.6) is 0 Å². The highest BCUT2D eigenvalue weighted by molar-refractivity contribution is 5.90. The van der Waals surface area contributed by atoms with Crippen molar-refractivity contribution in [1.82, 2.24) is 14.8 Å². The number of carbonyl (C=O) groups is 1. The molecule has 2 heterocycles. The standard InChI is InChI=1S/C18H16N4O2/c1-13-4-2-6-15(10-13)20-17(23)12-22-18(24)8-7-16(21-22)14-5-3-9-19-11-14/h2-11H,12H2,1H3,(H,20,23). The van der Waals surface area contributed by atoms with Gasteiger partial charge in [0, 0.05) is 29.7 Å². The first-order chi connectivity index (χ1) is 11.6. The minimum absolute atomic E-state index is 0.152. The molecule has 24 heavy (non-hydrogen) atoms. The van der Waals surface area contributed by atoms with E-state index >= 15 is 0 Å². The highest BCUT2D eigenvalue weighted by atomic mass is 16.2. The zero-order valence-electron chi connectivity index (χ0n) is 13.1. The third kappa shape index (κ3) is 3.73. The maximum absolute atomic E-state index is 12.2. The van der Waals surface area contributed by atoms with Crippen LogP contribution in [0.4, 0.5) is 5.69 Å². The molecule has 120 valence electrons. The molecule has 0 aliphatic heterocycles. The third-order valence-corrected chi connectivity index (χ3v) is 3.42. The first-order valence-corrected chi connectivity index (χ1v) is 7.47. The summed E-state index contributed by atoms with van der Waals surface area (Å²) in [5, 5.41) is 7.01. The second-order valence-corrected chi connectivity index (χ2v) is 5.37. The van der Waals surface area contributed by atoms with Crippen LogP contribution in [-0.4, -0.2) is 20.7 Å². The molecule has 1 amide bonds. The Balaban J connectivity index is 1.79. The predicted octanol–water partition coefficient (Wildman–Crippen LogP) is 2.25. The number of benzene rings is 1. The number of amides is 1. The second kappa shape index (κ2) is 6.87. The predicted molar refractivity (Wildman–Crippen MR) is 91.5 cm³/mol. The van der Waals surface area contributed by atoms with Crippen LogP contribution < -0.4 is 10.9 Å². The van der Waals surface area contributed by atoms with Gasteiger partial charge >= 0.3 is 0 Å². The van der Waals surface area contributed by atoms with E-state index in [4.69, 9.17) is 0 Å². The number of nitrogens with zero attached hydrogens (tertiary/aromatic N) is 3. The van der Waals surface area contributed by atoms with Crippen molar-refractivity contribution >= 4 is 11.6 Å². The molecule has 0 aliphatic rings. The van der Waals surface area contributed by atoms with Gasteiger partial charge in [-0.05, 0) is 42.8 Å². The monoisotopic (exact) mass is 320 g/mol. The molecule has 0 spiro atoms. The molecular weight excluding hydrogens is 304 g/mol. The number of carbonyl (C=O) groups excluding carboxylic acids is 1. The fourth-order valence-corrected chi connectivity index (χ4v) is 2.29. The number of hydrogen-bond donors (Lipinski definition) is 1. The molecule has 0 radical (unpaired) electrons. The summed E-state index contributed by atoms with van der Waals surface area (Å²) in [5.41, 5.74) is 2.77. The summed E-state index contributed by atoms with van der Waals surface area (Å²) in [6, 6.07) is 14.1. The Kier molecular flexibility index (Phi) is 4.47. The van der Waals surface area contributed by atoms with E-state index < -0.39 is 0 Å². The largest absolute Gasteiger partial charge is 0.324 e. The Labute approximate surface area is 138 Å². The lowest BCUT2D eigenvalue weighted by Gasteiger charge is -2.08. The summed E-state index contributed by atoms with van der Waals surface area (Å²) in [7, 11) is 0. The van der Waals surface area contributed by atoms with Crippen LogP contribution in [0.2, 0.25) is 0 Å². The quantitative estimate of drug-likeness (QED) is 0.800. The maximum Gasteiger partial charge on any atom is 0.267 e. The Hall–Kier alpha value is -3.28. The summed E-state index contributed by atoms with van der Waals surface area (Å²) in [4.78, 5) is 28.2. The van der Waals surface area contributed by atoms with Gasteiger partial charge in [0.15, 0.2) is 0 Å². The second-order valence-electron chi connectivity index (χ2n) is 5.37. The van der Waals surface area contributed by atoms with Gasteiger partial charge in [-0.3, -0.25) is 14.6 Å². The van der Waals surface area contributed by atoms with Crippen LogP contribution >= 0.6 is 0 Å². The summed E-state index contributed by atoms with van der Waals surface area (Å²) < 4.78 is 1.15. The van der Waals surface area contributed by atoms with Gasteiger partial charge in [0.05, 0.1) is 5.69 Å². The van der Waals surface area contributed by atoms with Gasteiger partial charge in [0.1, 0.15) is 6.54 Å². The fourth-order valence-electron chi connectivity index (χ4n) is 2.29. The van der Waals surface area contributed by atoms with Crippen LogP contribution in [0.15, 0.2) is 65.7 Å². The van der Waals surface area contributed by atoms with E-state index in [1.54, 1.807) is 30.6 Å². The minimum atomic E-state index is -0.331. The van der Waals surface area contributed by atoms with E-state index in [0.29, 0.717) is 11.4 Å². The molecule has 3 aromatic rings. The van der Waals surface area contributed by atoms with Gasteiger partial charge in [-0.15, -0.1) is 0 Å². The van der Waals surface area contributed by atoms with E-state index in [9.17, 15) is 9.59 Å². The molecule has 0 bridgehead atoms. The van der Waals surface area contributed by atoms with Crippen molar-refractivity contribution in [2.24, 2.45) is 0 Å². The molecule has 0 saturated heterocycles. The first-order valence-electron chi connectivity index (χ1n) is 7.47. The smallest absolute Gasteiger partial charge is 0.267 e. The fraction of sp³-hybridized carbons (Fsp3) is 0.111. The van der Waals surface area contributed by atoms with Gasteiger partial charge in [-0.25, -0.2) is 4.68 Å². The van der Waals surface area contributed by atoms with Gasteiger partial charge in [-0.2, -0.15) is 5.10 Å². The number of rotatable bonds is 4. The lowest BCUT2D eigenvalue weighted by molar-refractivity contribution is -0.117. The highest BCUT2D eigenvalue weighted by Crippen LogP contribution is 2.13. The zero-order chi connectivity index (χ0) is 16.9.